The van der Waals surface area contributed by atoms with E-state index in [-0.39, 0.29) is 5.41 Å². The molecule has 0 radical (unpaired) electrons. The van der Waals surface area contributed by atoms with Gasteiger partial charge in [-0.05, 0) is 19.8 Å². The van der Waals surface area contributed by atoms with Crippen LogP contribution in [0.5, 0.6) is 0 Å². The van der Waals surface area contributed by atoms with E-state index in [9.17, 15) is 4.79 Å². The van der Waals surface area contributed by atoms with Gasteiger partial charge in [-0.1, -0.05) is 6.92 Å². The van der Waals surface area contributed by atoms with E-state index in [1.807, 2.05) is 6.92 Å². The molecule has 11 heavy (non-hydrogen) atoms. The maximum absolute atomic E-state index is 10.3. The lowest BCUT2D eigenvalue weighted by Gasteiger charge is -2.05. The first-order valence-corrected chi connectivity index (χ1v) is 3.65. The molecule has 0 heterocycles. The van der Waals surface area contributed by atoms with E-state index in [4.69, 9.17) is 5.73 Å². The lowest BCUT2D eigenvalue weighted by atomic mass is 10.1. The quantitative estimate of drug-likeness (QED) is 0.450. The van der Waals surface area contributed by atoms with E-state index in [0.717, 1.165) is 18.6 Å². The number of hydrogen-bond donors (Lipinski definition) is 2. The van der Waals surface area contributed by atoms with Gasteiger partial charge < -0.3 is 5.73 Å². The molecule has 0 aromatic carbocycles. The van der Waals surface area contributed by atoms with Crippen LogP contribution in [0, 0.1) is 5.41 Å². The van der Waals surface area contributed by atoms with Gasteiger partial charge in [-0.3, -0.25) is 0 Å². The lowest BCUT2D eigenvalue weighted by Crippen LogP contribution is -2.26. The highest BCUT2D eigenvalue weighted by Gasteiger charge is 2.40. The zero-order valence-electron chi connectivity index (χ0n) is 6.85. The number of rotatable bonds is 2. The van der Waals surface area contributed by atoms with Gasteiger partial charge in [0.2, 0.25) is 0 Å². The van der Waals surface area contributed by atoms with Crippen LogP contribution in [0.3, 0.4) is 0 Å². The molecule has 1 aliphatic rings. The minimum absolute atomic E-state index is 0.225. The van der Waals surface area contributed by atoms with Crippen molar-refractivity contribution in [1.29, 1.82) is 0 Å². The van der Waals surface area contributed by atoms with E-state index in [2.05, 4.69) is 17.5 Å². The molecule has 0 unspecified atom stereocenters. The van der Waals surface area contributed by atoms with Crippen molar-refractivity contribution >= 4 is 11.7 Å². The van der Waals surface area contributed by atoms with Crippen LogP contribution in [0.1, 0.15) is 26.7 Å². The molecule has 0 atom stereocenters. The molecule has 0 aromatic rings. The molecule has 2 amide bonds. The number of hydrazone groups is 1. The summed E-state index contributed by atoms with van der Waals surface area (Å²) in [6.07, 6.45) is 2.31. The third-order valence-electron chi connectivity index (χ3n) is 2.21. The SMILES string of the molecule is C/C(=N\NC(N)=O)C1(C)CC1. The van der Waals surface area contributed by atoms with Crippen LogP contribution in [-0.4, -0.2) is 11.7 Å². The third-order valence-corrected chi connectivity index (χ3v) is 2.21. The van der Waals surface area contributed by atoms with Crippen molar-refractivity contribution in [3.63, 3.8) is 0 Å². The molecule has 3 N–H and O–H groups in total. The summed E-state index contributed by atoms with van der Waals surface area (Å²) in [6.45, 7) is 4.03. The summed E-state index contributed by atoms with van der Waals surface area (Å²) in [5.74, 6) is 0. The topological polar surface area (TPSA) is 67.5 Å². The highest BCUT2D eigenvalue weighted by molar-refractivity contribution is 5.90. The van der Waals surface area contributed by atoms with Gasteiger partial charge in [0.25, 0.3) is 0 Å². The minimum atomic E-state index is -0.603. The van der Waals surface area contributed by atoms with Gasteiger partial charge in [-0.25, -0.2) is 10.2 Å². The maximum Gasteiger partial charge on any atom is 0.332 e. The molecule has 0 spiro atoms. The van der Waals surface area contributed by atoms with Gasteiger partial charge in [-0.15, -0.1) is 0 Å². The van der Waals surface area contributed by atoms with Gasteiger partial charge in [0, 0.05) is 11.1 Å². The fourth-order valence-electron chi connectivity index (χ4n) is 0.823. The molecule has 1 rings (SSSR count). The Morgan fingerprint density at radius 2 is 2.18 bits per heavy atom. The first-order valence-electron chi connectivity index (χ1n) is 3.65. The van der Waals surface area contributed by atoms with Crippen LogP contribution < -0.4 is 11.2 Å². The summed E-state index contributed by atoms with van der Waals surface area (Å²) >= 11 is 0. The van der Waals surface area contributed by atoms with Crippen LogP contribution in [0.4, 0.5) is 4.79 Å². The second-order valence-corrected chi connectivity index (χ2v) is 3.23. The van der Waals surface area contributed by atoms with E-state index in [1.165, 1.54) is 0 Å². The Kier molecular flexibility index (Phi) is 1.85. The number of primary amides is 1. The average molecular weight is 155 g/mol. The van der Waals surface area contributed by atoms with Crippen LogP contribution in [0.25, 0.3) is 0 Å². The zero-order chi connectivity index (χ0) is 8.48. The van der Waals surface area contributed by atoms with Gasteiger partial charge in [-0.2, -0.15) is 5.10 Å². The molecule has 62 valence electrons. The van der Waals surface area contributed by atoms with Gasteiger partial charge in [0.05, 0.1) is 0 Å². The largest absolute Gasteiger partial charge is 0.350 e. The van der Waals surface area contributed by atoms with E-state index < -0.39 is 6.03 Å². The number of nitrogens with one attached hydrogen (secondary N) is 1. The lowest BCUT2D eigenvalue weighted by molar-refractivity contribution is 0.249. The van der Waals surface area contributed by atoms with Crippen molar-refractivity contribution in [2.45, 2.75) is 26.7 Å². The Bertz CT molecular complexity index is 206. The Hall–Kier alpha value is -1.06. The molecule has 4 heteroatoms. The number of amides is 2. The average Bonchev–Trinajstić information content (AvgIpc) is 2.64. The molecule has 1 fully saturated rings. The molecule has 0 aromatic heterocycles. The van der Waals surface area contributed by atoms with Crippen molar-refractivity contribution in [2.24, 2.45) is 16.3 Å². The summed E-state index contributed by atoms with van der Waals surface area (Å²) in [4.78, 5) is 10.3. The Morgan fingerprint density at radius 3 is 2.55 bits per heavy atom. The highest BCUT2D eigenvalue weighted by atomic mass is 16.2. The maximum atomic E-state index is 10.3. The Labute approximate surface area is 65.8 Å². The zero-order valence-corrected chi connectivity index (χ0v) is 6.85. The Balaban J connectivity index is 2.46. The molecular formula is C7H13N3O. The fourth-order valence-corrected chi connectivity index (χ4v) is 0.823. The van der Waals surface area contributed by atoms with Crippen LogP contribution in [0.15, 0.2) is 5.10 Å². The van der Waals surface area contributed by atoms with Crippen LogP contribution >= 0.6 is 0 Å². The second kappa shape index (κ2) is 2.53. The van der Waals surface area contributed by atoms with E-state index in [1.54, 1.807) is 0 Å². The number of nitrogens with two attached hydrogens (primary N) is 1. The van der Waals surface area contributed by atoms with Crippen molar-refractivity contribution in [3.05, 3.63) is 0 Å². The molecule has 0 bridgehead atoms. The minimum Gasteiger partial charge on any atom is -0.350 e. The molecule has 4 nitrogen and oxygen atoms in total. The van der Waals surface area contributed by atoms with Crippen molar-refractivity contribution < 1.29 is 4.79 Å². The highest BCUT2D eigenvalue weighted by Crippen LogP contribution is 2.46. The summed E-state index contributed by atoms with van der Waals surface area (Å²) in [5, 5.41) is 3.85. The van der Waals surface area contributed by atoms with Crippen LogP contribution in [0.2, 0.25) is 0 Å². The normalized spacial score (nSPS) is 21.1. The number of carbonyl (C=O) groups excluding carboxylic acids is 1. The summed E-state index contributed by atoms with van der Waals surface area (Å²) < 4.78 is 0. The monoisotopic (exact) mass is 155 g/mol. The Morgan fingerprint density at radius 1 is 1.64 bits per heavy atom. The number of carbonyl (C=O) groups is 1. The second-order valence-electron chi connectivity index (χ2n) is 3.23. The van der Waals surface area contributed by atoms with E-state index >= 15 is 0 Å². The summed E-state index contributed by atoms with van der Waals surface area (Å²) in [6, 6.07) is -0.603. The fraction of sp³-hybridized carbons (Fsp3) is 0.714. The van der Waals surface area contributed by atoms with Crippen molar-refractivity contribution in [3.8, 4) is 0 Å². The molecular weight excluding hydrogens is 142 g/mol. The molecule has 1 saturated carbocycles. The standard InChI is InChI=1S/C7H13N3O/c1-5(7(2)3-4-7)9-10-6(8)11/h3-4H2,1-2H3,(H3,8,10,11)/b9-5+. The number of urea groups is 1. The summed E-state index contributed by atoms with van der Waals surface area (Å²) in [5.41, 5.74) is 8.25. The van der Waals surface area contributed by atoms with Crippen LogP contribution in [-0.2, 0) is 0 Å². The van der Waals surface area contributed by atoms with Gasteiger partial charge in [0.1, 0.15) is 0 Å². The predicted octanol–water partition coefficient (Wildman–Crippen LogP) is 0.831. The third kappa shape index (κ3) is 1.93. The first-order chi connectivity index (χ1) is 5.04. The number of nitrogens with zero attached hydrogens (tertiary/aromatic N) is 1. The smallest absolute Gasteiger partial charge is 0.332 e. The van der Waals surface area contributed by atoms with Crippen molar-refractivity contribution in [2.75, 3.05) is 0 Å². The molecule has 0 aliphatic heterocycles. The van der Waals surface area contributed by atoms with Crippen molar-refractivity contribution in [1.82, 2.24) is 5.43 Å². The molecule has 0 saturated heterocycles. The number of hydrogen-bond acceptors (Lipinski definition) is 2. The predicted molar refractivity (Wildman–Crippen MR) is 43.2 cm³/mol. The summed E-state index contributed by atoms with van der Waals surface area (Å²) in [7, 11) is 0. The van der Waals surface area contributed by atoms with Gasteiger partial charge >= 0.3 is 6.03 Å². The van der Waals surface area contributed by atoms with Gasteiger partial charge in [0.15, 0.2) is 0 Å². The van der Waals surface area contributed by atoms with E-state index in [0.29, 0.717) is 0 Å². The first kappa shape index (κ1) is 8.04. The molecule has 1 aliphatic carbocycles.